The van der Waals surface area contributed by atoms with Crippen LogP contribution >= 0.6 is 11.8 Å². The number of pyridine rings is 1. The summed E-state index contributed by atoms with van der Waals surface area (Å²) in [5.74, 6) is -0.00866. The molecule has 0 aliphatic carbocycles. The van der Waals surface area contributed by atoms with Crippen molar-refractivity contribution in [2.75, 3.05) is 21.1 Å². The smallest absolute Gasteiger partial charge is 0.244 e. The monoisotopic (exact) mass is 393 g/mol. The Balaban J connectivity index is 2.00. The van der Waals surface area contributed by atoms with Gasteiger partial charge in [-0.1, -0.05) is 42.1 Å². The molecule has 1 amide bonds. The fourth-order valence-corrected chi connectivity index (χ4v) is 4.03. The number of hydrogen-bond acceptors (Lipinski definition) is 5. The van der Waals surface area contributed by atoms with Gasteiger partial charge in [-0.2, -0.15) is 0 Å². The van der Waals surface area contributed by atoms with Crippen molar-refractivity contribution in [3.63, 3.8) is 0 Å². The van der Waals surface area contributed by atoms with Crippen LogP contribution in [0.3, 0.4) is 0 Å². The number of sulfonamides is 1. The van der Waals surface area contributed by atoms with E-state index in [1.807, 2.05) is 37.3 Å². The highest BCUT2D eigenvalue weighted by molar-refractivity contribution is 8.00. The summed E-state index contributed by atoms with van der Waals surface area (Å²) in [5, 5.41) is 0.282. The molecule has 1 atom stereocenters. The van der Waals surface area contributed by atoms with Gasteiger partial charge in [0.1, 0.15) is 4.90 Å². The summed E-state index contributed by atoms with van der Waals surface area (Å²) in [4.78, 5) is 18.5. The van der Waals surface area contributed by atoms with Crippen molar-refractivity contribution in [1.82, 2.24) is 14.2 Å². The van der Waals surface area contributed by atoms with Gasteiger partial charge in [0.2, 0.25) is 15.9 Å². The van der Waals surface area contributed by atoms with E-state index in [0.717, 1.165) is 9.87 Å². The van der Waals surface area contributed by atoms with Crippen LogP contribution in [0.4, 0.5) is 0 Å². The second-order valence-electron chi connectivity index (χ2n) is 6.06. The summed E-state index contributed by atoms with van der Waals surface area (Å²) < 4.78 is 25.3. The number of nitrogens with zero attached hydrogens (tertiary/aromatic N) is 3. The van der Waals surface area contributed by atoms with Crippen molar-refractivity contribution in [3.8, 4) is 0 Å². The average molecular weight is 394 g/mol. The van der Waals surface area contributed by atoms with Gasteiger partial charge >= 0.3 is 0 Å². The summed E-state index contributed by atoms with van der Waals surface area (Å²) in [6.07, 6.45) is 1.32. The zero-order valence-corrected chi connectivity index (χ0v) is 16.9. The molecule has 0 spiro atoms. The third-order valence-electron chi connectivity index (χ3n) is 3.77. The van der Waals surface area contributed by atoms with Crippen LogP contribution in [0.1, 0.15) is 12.5 Å². The van der Waals surface area contributed by atoms with Gasteiger partial charge in [0.15, 0.2) is 0 Å². The summed E-state index contributed by atoms with van der Waals surface area (Å²) in [7, 11) is 1.22. The van der Waals surface area contributed by atoms with Crippen molar-refractivity contribution in [2.45, 2.75) is 28.6 Å². The van der Waals surface area contributed by atoms with Gasteiger partial charge in [-0.3, -0.25) is 4.79 Å². The van der Waals surface area contributed by atoms with Crippen LogP contribution in [-0.2, 0) is 21.4 Å². The van der Waals surface area contributed by atoms with E-state index in [1.54, 1.807) is 18.0 Å². The van der Waals surface area contributed by atoms with E-state index in [-0.39, 0.29) is 16.1 Å². The SMILES string of the molecule is C[C@@H](Sc1ccc(S(=O)(=O)N(C)C)cn1)C(=O)N(C)Cc1ccccc1. The van der Waals surface area contributed by atoms with Crippen LogP contribution in [0.25, 0.3) is 0 Å². The first-order valence-corrected chi connectivity index (χ1v) is 10.4. The molecule has 1 heterocycles. The maximum absolute atomic E-state index is 12.5. The third kappa shape index (κ3) is 5.06. The lowest BCUT2D eigenvalue weighted by molar-refractivity contribution is -0.129. The Morgan fingerprint density at radius 2 is 1.77 bits per heavy atom. The van der Waals surface area contributed by atoms with Crippen molar-refractivity contribution < 1.29 is 13.2 Å². The Morgan fingerprint density at radius 3 is 2.31 bits per heavy atom. The summed E-state index contributed by atoms with van der Waals surface area (Å²) in [6.45, 7) is 2.36. The predicted molar refractivity (Wildman–Crippen MR) is 103 cm³/mol. The van der Waals surface area contributed by atoms with E-state index < -0.39 is 10.0 Å². The fourth-order valence-electron chi connectivity index (χ4n) is 2.28. The van der Waals surface area contributed by atoms with E-state index in [1.165, 1.54) is 38.1 Å². The minimum atomic E-state index is -3.50. The zero-order chi connectivity index (χ0) is 19.3. The first-order valence-electron chi connectivity index (χ1n) is 8.06. The normalized spacial score (nSPS) is 12.8. The van der Waals surface area contributed by atoms with Crippen LogP contribution in [0.2, 0.25) is 0 Å². The number of aromatic nitrogens is 1. The van der Waals surface area contributed by atoms with Crippen LogP contribution in [0.5, 0.6) is 0 Å². The fraction of sp³-hybridized carbons (Fsp3) is 0.333. The largest absolute Gasteiger partial charge is 0.340 e. The molecule has 0 aliphatic rings. The van der Waals surface area contributed by atoms with Gasteiger partial charge < -0.3 is 4.90 Å². The summed E-state index contributed by atoms with van der Waals surface area (Å²) in [6, 6.07) is 12.9. The van der Waals surface area contributed by atoms with E-state index >= 15 is 0 Å². The molecular formula is C18H23N3O3S2. The van der Waals surface area contributed by atoms with E-state index in [2.05, 4.69) is 4.98 Å². The van der Waals surface area contributed by atoms with Crippen LogP contribution in [0.15, 0.2) is 58.6 Å². The molecule has 6 nitrogen and oxygen atoms in total. The molecule has 1 aromatic heterocycles. The molecule has 0 fully saturated rings. The molecule has 0 aliphatic heterocycles. The average Bonchev–Trinajstić information content (AvgIpc) is 2.62. The third-order valence-corrected chi connectivity index (χ3v) is 6.61. The molecule has 0 saturated carbocycles. The molecule has 140 valence electrons. The highest BCUT2D eigenvalue weighted by Crippen LogP contribution is 2.24. The molecule has 0 saturated heterocycles. The van der Waals surface area contributed by atoms with E-state index in [4.69, 9.17) is 0 Å². The van der Waals surface area contributed by atoms with Crippen LogP contribution in [-0.4, -0.2) is 54.9 Å². The van der Waals surface area contributed by atoms with Gasteiger partial charge in [-0.15, -0.1) is 0 Å². The molecular weight excluding hydrogens is 370 g/mol. The number of benzene rings is 1. The minimum Gasteiger partial charge on any atom is -0.340 e. The Bertz CT molecular complexity index is 838. The molecule has 0 N–H and O–H groups in total. The summed E-state index contributed by atoms with van der Waals surface area (Å²) in [5.41, 5.74) is 1.07. The van der Waals surface area contributed by atoms with Crippen LogP contribution < -0.4 is 0 Å². The molecule has 0 unspecified atom stereocenters. The van der Waals surface area contributed by atoms with Gasteiger partial charge in [0.25, 0.3) is 0 Å². The van der Waals surface area contributed by atoms with E-state index in [9.17, 15) is 13.2 Å². The Kier molecular flexibility index (Phi) is 6.80. The van der Waals surface area contributed by atoms with Crippen molar-refractivity contribution >= 4 is 27.7 Å². The minimum absolute atomic E-state index is 0.00866. The quantitative estimate of drug-likeness (QED) is 0.676. The Morgan fingerprint density at radius 1 is 1.12 bits per heavy atom. The number of carbonyl (C=O) groups excluding carboxylic acids is 1. The topological polar surface area (TPSA) is 70.6 Å². The molecule has 2 rings (SSSR count). The maximum atomic E-state index is 12.5. The molecule has 1 aromatic carbocycles. The van der Waals surface area contributed by atoms with Crippen LogP contribution in [0, 0.1) is 0 Å². The lowest BCUT2D eigenvalue weighted by Gasteiger charge is -2.21. The van der Waals surface area contributed by atoms with Crippen molar-refractivity contribution in [2.24, 2.45) is 0 Å². The first-order chi connectivity index (χ1) is 12.2. The number of thioether (sulfide) groups is 1. The molecule has 26 heavy (non-hydrogen) atoms. The number of hydrogen-bond donors (Lipinski definition) is 0. The Hall–Kier alpha value is -1.90. The standard InChI is InChI=1S/C18H23N3O3S2/c1-14(18(22)21(4)13-15-8-6-5-7-9-15)25-17-11-10-16(12-19-17)26(23,24)20(2)3/h5-12,14H,13H2,1-4H3/t14-/m1/s1. The van der Waals surface area contributed by atoms with Gasteiger partial charge in [0.05, 0.1) is 10.3 Å². The number of amides is 1. The lowest BCUT2D eigenvalue weighted by atomic mass is 10.2. The second-order valence-corrected chi connectivity index (χ2v) is 9.57. The molecule has 8 heteroatoms. The van der Waals surface area contributed by atoms with Crippen molar-refractivity contribution in [3.05, 3.63) is 54.2 Å². The number of rotatable bonds is 7. The highest BCUT2D eigenvalue weighted by atomic mass is 32.2. The highest BCUT2D eigenvalue weighted by Gasteiger charge is 2.21. The molecule has 0 bridgehead atoms. The van der Waals surface area contributed by atoms with Gasteiger partial charge in [0, 0.05) is 33.9 Å². The second kappa shape index (κ2) is 8.66. The Labute approximate surface area is 159 Å². The van der Waals surface area contributed by atoms with Crippen molar-refractivity contribution in [1.29, 1.82) is 0 Å². The maximum Gasteiger partial charge on any atom is 0.244 e. The molecule has 2 aromatic rings. The van der Waals surface area contributed by atoms with Gasteiger partial charge in [-0.25, -0.2) is 17.7 Å². The number of carbonyl (C=O) groups is 1. The van der Waals surface area contributed by atoms with E-state index in [0.29, 0.717) is 11.6 Å². The zero-order valence-electron chi connectivity index (χ0n) is 15.3. The summed E-state index contributed by atoms with van der Waals surface area (Å²) >= 11 is 1.31. The first kappa shape index (κ1) is 20.4. The molecule has 0 radical (unpaired) electrons. The lowest BCUT2D eigenvalue weighted by Crippen LogP contribution is -2.32. The van der Waals surface area contributed by atoms with Gasteiger partial charge in [-0.05, 0) is 24.6 Å². The predicted octanol–water partition coefficient (Wildman–Crippen LogP) is 2.47.